The van der Waals surface area contributed by atoms with E-state index in [-0.39, 0.29) is 125 Å². The topological polar surface area (TPSA) is 60.7 Å². The Balaban J connectivity index is -0.000000107. The standard InChI is InChI=1S/C6H13O3.Re.Rn.Y/c1-5(2,4-7)6(3,8)9;;;/h4,7-9H,1-3H3;;;/q-1;;;. The van der Waals surface area contributed by atoms with E-state index >= 15 is 0 Å². The van der Waals surface area contributed by atoms with Crippen LogP contribution in [0.1, 0.15) is 20.8 Å². The molecule has 0 bridgehead atoms. The Morgan fingerprint density at radius 1 is 1.08 bits per heavy atom. The summed E-state index contributed by atoms with van der Waals surface area (Å²) >= 11 is 0. The second-order valence-electron chi connectivity index (χ2n) is 2.87. The SMILES string of the molecule is CC(O)(O)C(C)(C)[CH-]O.[Re].[Rn].[Y]. The van der Waals surface area contributed by atoms with Gasteiger partial charge in [-0.15, -0.1) is 0 Å². The molecule has 0 aliphatic rings. The van der Waals surface area contributed by atoms with Gasteiger partial charge in [-0.3, -0.25) is 0 Å². The Morgan fingerprint density at radius 3 is 1.33 bits per heavy atom. The van der Waals surface area contributed by atoms with E-state index in [1.807, 2.05) is 0 Å². The van der Waals surface area contributed by atoms with E-state index in [1.165, 1.54) is 20.8 Å². The van der Waals surface area contributed by atoms with Crippen molar-refractivity contribution >= 4 is 0 Å². The molecule has 0 fully saturated rings. The van der Waals surface area contributed by atoms with E-state index < -0.39 is 11.2 Å². The Labute approximate surface area is 174 Å². The van der Waals surface area contributed by atoms with Gasteiger partial charge in [-0.25, -0.2) is 6.61 Å². The van der Waals surface area contributed by atoms with E-state index in [0.717, 1.165) is 6.61 Å². The summed E-state index contributed by atoms with van der Waals surface area (Å²) in [6, 6.07) is 0. The quantitative estimate of drug-likeness (QED) is 0.303. The molecule has 0 saturated heterocycles. The predicted molar refractivity (Wildman–Crippen MR) is 32.9 cm³/mol. The molecule has 0 rings (SSSR count). The van der Waals surface area contributed by atoms with E-state index in [1.54, 1.807) is 0 Å². The summed E-state index contributed by atoms with van der Waals surface area (Å²) in [5.41, 5.74) is -0.979. The summed E-state index contributed by atoms with van der Waals surface area (Å²) in [5.74, 6) is -1.86. The average molecular weight is 630 g/mol. The molecule has 3 N–H and O–H groups in total. The van der Waals surface area contributed by atoms with Crippen LogP contribution in [0.5, 0.6) is 0 Å². The van der Waals surface area contributed by atoms with Crippen LogP contribution in [0.3, 0.4) is 0 Å². The van der Waals surface area contributed by atoms with Gasteiger partial charge in [0.15, 0.2) is 0 Å². The number of hydrogen-bond acceptors (Lipinski definition) is 3. The molecule has 74 valence electrons. The van der Waals surface area contributed by atoms with Gasteiger partial charge >= 0.3 is 0 Å². The molecule has 12 heavy (non-hydrogen) atoms. The normalized spacial score (nSPS) is 10.5. The Hall–Kier alpha value is 3.76. The number of hydrogen-bond donors (Lipinski definition) is 3. The molecule has 6 heteroatoms. The van der Waals surface area contributed by atoms with Gasteiger partial charge in [-0.1, -0.05) is 19.3 Å². The van der Waals surface area contributed by atoms with Crippen molar-refractivity contribution in [2.45, 2.75) is 26.6 Å². The van der Waals surface area contributed by atoms with Crippen LogP contribution in [0.4, 0.5) is 0 Å². The van der Waals surface area contributed by atoms with Crippen molar-refractivity contribution in [2.24, 2.45) is 5.41 Å². The van der Waals surface area contributed by atoms with Gasteiger partial charge in [-0.05, 0) is 6.92 Å². The molecule has 0 spiro atoms. The first-order valence-electron chi connectivity index (χ1n) is 2.74. The zero-order valence-electron chi connectivity index (χ0n) is 7.23. The Kier molecular flexibility index (Phi) is 20.6. The average Bonchev–Trinajstić information content (AvgIpc) is 1.64. The van der Waals surface area contributed by atoms with Crippen molar-refractivity contribution in [1.29, 1.82) is 0 Å². The van der Waals surface area contributed by atoms with Crippen molar-refractivity contribution in [3.8, 4) is 0 Å². The van der Waals surface area contributed by atoms with Crippen molar-refractivity contribution in [2.75, 3.05) is 0 Å². The molecule has 0 amide bonds. The fourth-order valence-electron chi connectivity index (χ4n) is 0.122. The van der Waals surface area contributed by atoms with Crippen molar-refractivity contribution in [3.63, 3.8) is 0 Å². The fraction of sp³-hybridized carbons (Fsp3) is 0.833. The molecule has 2 radical (unpaired) electrons. The van der Waals surface area contributed by atoms with Crippen LogP contribution < -0.4 is 0 Å². The second kappa shape index (κ2) is 9.95. The molecule has 0 unspecified atom stereocenters. The first kappa shape index (κ1) is 24.8. The summed E-state index contributed by atoms with van der Waals surface area (Å²) in [4.78, 5) is 0. The maximum atomic E-state index is 8.91. The fourth-order valence-corrected chi connectivity index (χ4v) is 0.122. The molecule has 0 aromatic rings. The Bertz CT molecular complexity index is 105. The first-order valence-corrected chi connectivity index (χ1v) is 2.74. The first-order chi connectivity index (χ1) is 3.81. The van der Waals surface area contributed by atoms with Gasteiger partial charge in [-0.2, -0.15) is 0 Å². The van der Waals surface area contributed by atoms with Gasteiger partial charge in [0.2, 0.25) is 0 Å². The zero-order chi connectivity index (χ0) is 7.71. The summed E-state index contributed by atoms with van der Waals surface area (Å²) in [5, 5.41) is 26.3. The molecule has 0 atom stereocenters. The van der Waals surface area contributed by atoms with Crippen LogP contribution in [0, 0.1) is 83.9 Å². The maximum absolute atomic E-state index is 8.91. The van der Waals surface area contributed by atoms with Crippen molar-refractivity contribution in [1.82, 2.24) is 0 Å². The molecule has 0 saturated carbocycles. The smallest absolute Gasteiger partial charge is 0.139 e. The van der Waals surface area contributed by atoms with Gasteiger partial charge in [0.05, 0.1) is 0 Å². The summed E-state index contributed by atoms with van der Waals surface area (Å²) in [7, 11) is 0. The van der Waals surface area contributed by atoms with E-state index in [4.69, 9.17) is 15.3 Å². The van der Waals surface area contributed by atoms with Crippen molar-refractivity contribution in [3.05, 3.63) is 6.61 Å². The van der Waals surface area contributed by atoms with Gasteiger partial charge in [0.1, 0.15) is 5.79 Å². The van der Waals surface area contributed by atoms with Crippen LogP contribution in [-0.4, -0.2) is 21.1 Å². The predicted octanol–water partition coefficient (Wildman–Crippen LogP) is 0.243. The van der Waals surface area contributed by atoms with Crippen LogP contribution in [0.25, 0.3) is 0 Å². The number of aliphatic hydroxyl groups is 3. The van der Waals surface area contributed by atoms with Gasteiger partial charge in [0.25, 0.3) is 0 Å². The van der Waals surface area contributed by atoms with Gasteiger partial charge < -0.3 is 15.3 Å². The third kappa shape index (κ3) is 9.02. The van der Waals surface area contributed by atoms with Crippen molar-refractivity contribution < 1.29 is 140 Å². The molecule has 3 nitrogen and oxygen atoms in total. The minimum absolute atomic E-state index is 0. The molecule has 0 aliphatic heterocycles. The van der Waals surface area contributed by atoms with E-state index in [0.29, 0.717) is 0 Å². The third-order valence-corrected chi connectivity index (χ3v) is 1.54. The van der Waals surface area contributed by atoms with Crippen LogP contribution in [0.2, 0.25) is 0 Å². The Morgan fingerprint density at radius 2 is 1.33 bits per heavy atom. The summed E-state index contributed by atoms with van der Waals surface area (Å²) in [6.07, 6.45) is 0. The molecular formula is C6H13O3ReRnY-. The largest absolute Gasteiger partial charge is 0.565 e. The second-order valence-corrected chi connectivity index (χ2v) is 2.87. The third-order valence-electron chi connectivity index (χ3n) is 1.54. The van der Waals surface area contributed by atoms with Crippen LogP contribution >= 0.6 is 0 Å². The minimum Gasteiger partial charge on any atom is -0.565 e. The molecule has 0 aromatic heterocycles. The number of rotatable bonds is 2. The zero-order valence-corrected chi connectivity index (χ0v) is 15.5. The summed E-state index contributed by atoms with van der Waals surface area (Å²) in [6.45, 7) is 5.03. The molecular weight excluding hydrogens is 617 g/mol. The summed E-state index contributed by atoms with van der Waals surface area (Å²) < 4.78 is 0. The van der Waals surface area contributed by atoms with E-state index in [2.05, 4.69) is 0 Å². The van der Waals surface area contributed by atoms with Gasteiger partial charge in [0, 0.05) is 125 Å². The monoisotopic (exact) mass is 631 g/mol. The van der Waals surface area contributed by atoms with Crippen LogP contribution in [0.15, 0.2) is 0 Å². The minimum atomic E-state index is -1.86. The number of aliphatic hydroxyl groups excluding tert-OH is 1. The van der Waals surface area contributed by atoms with Crippen LogP contribution in [-0.2, 0) is 53.1 Å². The molecule has 0 heterocycles. The molecule has 0 aromatic carbocycles. The molecule has 0 aliphatic carbocycles. The maximum Gasteiger partial charge on any atom is 0.139 e. The van der Waals surface area contributed by atoms with E-state index in [9.17, 15) is 0 Å².